The lowest BCUT2D eigenvalue weighted by molar-refractivity contribution is 0.199. The summed E-state index contributed by atoms with van der Waals surface area (Å²) in [5, 5.41) is 14.8. The van der Waals surface area contributed by atoms with Gasteiger partial charge in [-0.05, 0) is 48.9 Å². The molecule has 7 heteroatoms. The maximum Gasteiger partial charge on any atom is 0.163 e. The number of anilines is 2. The number of nitrogens with zero attached hydrogens (tertiary/aromatic N) is 2. The van der Waals surface area contributed by atoms with Crippen LogP contribution in [0.5, 0.6) is 5.75 Å². The molecule has 0 fully saturated rings. The van der Waals surface area contributed by atoms with Crippen LogP contribution in [0.4, 0.5) is 11.5 Å². The predicted molar refractivity (Wildman–Crippen MR) is 135 cm³/mol. The van der Waals surface area contributed by atoms with Crippen LogP contribution in [0.1, 0.15) is 24.3 Å². The van der Waals surface area contributed by atoms with Crippen LogP contribution in [0, 0.1) is 0 Å². The Balaban J connectivity index is 1.52. The lowest BCUT2D eigenvalue weighted by Gasteiger charge is -2.11. The Hall–Kier alpha value is -3.87. The summed E-state index contributed by atoms with van der Waals surface area (Å²) < 4.78 is 5.91. The molecule has 0 saturated carbocycles. The van der Waals surface area contributed by atoms with Gasteiger partial charge in [-0.15, -0.1) is 0 Å². The number of ether oxygens (including phenoxy) is 1. The average molecular weight is 471 g/mol. The first-order valence-corrected chi connectivity index (χ1v) is 11.3. The third-order valence-electron chi connectivity index (χ3n) is 5.40. The van der Waals surface area contributed by atoms with Gasteiger partial charge in [-0.25, -0.2) is 9.97 Å². The SMILES string of the molecule is CC(O)c1cccc(Nc2nc(-c3ccccc3)nc3[nH]c(COc4cccc(Cl)c4)cc23)c1. The molecule has 34 heavy (non-hydrogen) atoms. The number of H-pyrrole nitrogens is 1. The molecular formula is C27H23ClN4O2. The van der Waals surface area contributed by atoms with E-state index in [0.717, 1.165) is 27.9 Å². The molecule has 1 atom stereocenters. The quantitative estimate of drug-likeness (QED) is 0.248. The van der Waals surface area contributed by atoms with Gasteiger partial charge in [0.2, 0.25) is 0 Å². The Morgan fingerprint density at radius 1 is 0.971 bits per heavy atom. The van der Waals surface area contributed by atoms with Crippen molar-refractivity contribution < 1.29 is 9.84 Å². The Bertz CT molecular complexity index is 1430. The van der Waals surface area contributed by atoms with Gasteiger partial charge in [-0.3, -0.25) is 0 Å². The smallest absolute Gasteiger partial charge is 0.163 e. The van der Waals surface area contributed by atoms with Gasteiger partial charge in [0.05, 0.1) is 17.2 Å². The van der Waals surface area contributed by atoms with E-state index in [-0.39, 0.29) is 0 Å². The highest BCUT2D eigenvalue weighted by atomic mass is 35.5. The van der Waals surface area contributed by atoms with E-state index in [1.54, 1.807) is 13.0 Å². The second-order valence-corrected chi connectivity index (χ2v) is 8.43. The summed E-state index contributed by atoms with van der Waals surface area (Å²) in [5.74, 6) is 1.96. The van der Waals surface area contributed by atoms with Gasteiger partial charge in [0, 0.05) is 16.3 Å². The Morgan fingerprint density at radius 2 is 1.79 bits per heavy atom. The van der Waals surface area contributed by atoms with Crippen LogP contribution in [-0.2, 0) is 6.61 Å². The zero-order valence-corrected chi connectivity index (χ0v) is 19.3. The summed E-state index contributed by atoms with van der Waals surface area (Å²) in [6.07, 6.45) is -0.561. The molecule has 0 aliphatic rings. The molecule has 0 bridgehead atoms. The molecule has 5 aromatic rings. The molecule has 170 valence electrons. The number of hydrogen-bond acceptors (Lipinski definition) is 5. The highest BCUT2D eigenvalue weighted by Crippen LogP contribution is 2.29. The normalized spacial score (nSPS) is 12.0. The highest BCUT2D eigenvalue weighted by Gasteiger charge is 2.14. The maximum absolute atomic E-state index is 9.97. The zero-order valence-electron chi connectivity index (χ0n) is 18.5. The molecule has 0 saturated heterocycles. The van der Waals surface area contributed by atoms with Gasteiger partial charge in [0.15, 0.2) is 5.82 Å². The second kappa shape index (κ2) is 9.55. The summed E-state index contributed by atoms with van der Waals surface area (Å²) in [4.78, 5) is 12.9. The molecule has 2 aromatic heterocycles. The van der Waals surface area contributed by atoms with Crippen molar-refractivity contribution in [1.82, 2.24) is 15.0 Å². The van der Waals surface area contributed by atoms with Crippen LogP contribution in [0.25, 0.3) is 22.4 Å². The number of rotatable bonds is 7. The van der Waals surface area contributed by atoms with Crippen molar-refractivity contribution in [1.29, 1.82) is 0 Å². The van der Waals surface area contributed by atoms with Gasteiger partial charge >= 0.3 is 0 Å². The lowest BCUT2D eigenvalue weighted by Crippen LogP contribution is -2.00. The molecule has 2 heterocycles. The van der Waals surface area contributed by atoms with Crippen molar-refractivity contribution in [2.24, 2.45) is 0 Å². The van der Waals surface area contributed by atoms with Gasteiger partial charge in [0.1, 0.15) is 23.8 Å². The number of fused-ring (bicyclic) bond motifs is 1. The van der Waals surface area contributed by atoms with Crippen molar-refractivity contribution in [3.8, 4) is 17.1 Å². The van der Waals surface area contributed by atoms with Crippen LogP contribution < -0.4 is 10.1 Å². The molecule has 5 rings (SSSR count). The Morgan fingerprint density at radius 3 is 2.59 bits per heavy atom. The lowest BCUT2D eigenvalue weighted by atomic mass is 10.1. The molecule has 0 aliphatic heterocycles. The fraction of sp³-hybridized carbons (Fsp3) is 0.111. The zero-order chi connectivity index (χ0) is 23.5. The molecule has 6 nitrogen and oxygen atoms in total. The maximum atomic E-state index is 9.97. The molecule has 3 N–H and O–H groups in total. The van der Waals surface area contributed by atoms with Crippen molar-refractivity contribution >= 4 is 34.1 Å². The van der Waals surface area contributed by atoms with Crippen molar-refractivity contribution in [3.63, 3.8) is 0 Å². The summed E-state index contributed by atoms with van der Waals surface area (Å²) in [6.45, 7) is 2.07. The van der Waals surface area contributed by atoms with E-state index in [9.17, 15) is 5.11 Å². The molecule has 0 amide bonds. The molecule has 1 unspecified atom stereocenters. The number of nitrogens with one attached hydrogen (secondary N) is 2. The highest BCUT2D eigenvalue weighted by molar-refractivity contribution is 6.30. The standard InChI is InChI=1S/C27H23ClN4O2/c1-17(33)19-9-5-11-21(13-19)29-26-24-15-22(16-34-23-12-6-10-20(28)14-23)30-27(24)32-25(31-26)18-7-3-2-4-8-18/h2-15,17,33H,16H2,1H3,(H2,29,30,31,32). The van der Waals surface area contributed by atoms with Gasteiger partial charge in [0.25, 0.3) is 0 Å². The van der Waals surface area contributed by atoms with E-state index >= 15 is 0 Å². The number of benzene rings is 3. The van der Waals surface area contributed by atoms with Gasteiger partial charge < -0.3 is 20.1 Å². The van der Waals surface area contributed by atoms with E-state index in [0.29, 0.717) is 34.7 Å². The first-order valence-electron chi connectivity index (χ1n) is 10.9. The number of aliphatic hydroxyl groups excluding tert-OH is 1. The van der Waals surface area contributed by atoms with Crippen LogP contribution in [0.3, 0.4) is 0 Å². The van der Waals surface area contributed by atoms with Crippen molar-refractivity contribution in [3.05, 3.63) is 101 Å². The summed E-state index contributed by atoms with van der Waals surface area (Å²) in [5.41, 5.74) is 4.12. The van der Waals surface area contributed by atoms with E-state index in [1.807, 2.05) is 78.9 Å². The fourth-order valence-electron chi connectivity index (χ4n) is 3.68. The summed E-state index contributed by atoms with van der Waals surface area (Å²) in [6, 6.07) is 26.8. The first kappa shape index (κ1) is 21.9. The van der Waals surface area contributed by atoms with Gasteiger partial charge in [-0.1, -0.05) is 60.1 Å². The number of aliphatic hydroxyl groups is 1. The van der Waals surface area contributed by atoms with Crippen LogP contribution in [-0.4, -0.2) is 20.1 Å². The third-order valence-corrected chi connectivity index (χ3v) is 5.63. The molecule has 3 aromatic carbocycles. The van der Waals surface area contributed by atoms with Crippen LogP contribution in [0.15, 0.2) is 84.9 Å². The Kier molecular flexibility index (Phi) is 6.16. The van der Waals surface area contributed by atoms with E-state index in [2.05, 4.69) is 10.3 Å². The van der Waals surface area contributed by atoms with Crippen LogP contribution in [0.2, 0.25) is 5.02 Å². The topological polar surface area (TPSA) is 83.1 Å². The van der Waals surface area contributed by atoms with E-state index in [4.69, 9.17) is 26.3 Å². The van der Waals surface area contributed by atoms with Crippen LogP contribution >= 0.6 is 11.6 Å². The minimum Gasteiger partial charge on any atom is -0.487 e. The van der Waals surface area contributed by atoms with Crippen molar-refractivity contribution in [2.45, 2.75) is 19.6 Å². The van der Waals surface area contributed by atoms with Crippen molar-refractivity contribution in [2.75, 3.05) is 5.32 Å². The van der Waals surface area contributed by atoms with Gasteiger partial charge in [-0.2, -0.15) is 0 Å². The van der Waals surface area contributed by atoms with E-state index < -0.39 is 6.10 Å². The average Bonchev–Trinajstić information content (AvgIpc) is 3.27. The largest absolute Gasteiger partial charge is 0.487 e. The number of hydrogen-bond donors (Lipinski definition) is 3. The molecular weight excluding hydrogens is 448 g/mol. The minimum absolute atomic E-state index is 0.328. The first-order chi connectivity index (χ1) is 16.5. The monoisotopic (exact) mass is 470 g/mol. The van der Waals surface area contributed by atoms with E-state index in [1.165, 1.54) is 0 Å². The molecule has 0 spiro atoms. The Labute approximate surface area is 202 Å². The minimum atomic E-state index is -0.561. The summed E-state index contributed by atoms with van der Waals surface area (Å²) in [7, 11) is 0. The summed E-state index contributed by atoms with van der Waals surface area (Å²) >= 11 is 6.06. The molecule has 0 aliphatic carbocycles. The fourth-order valence-corrected chi connectivity index (χ4v) is 3.86. The second-order valence-electron chi connectivity index (χ2n) is 7.99. The number of halogens is 1. The predicted octanol–water partition coefficient (Wildman–Crippen LogP) is 6.65. The molecule has 0 radical (unpaired) electrons. The number of aromatic nitrogens is 3. The third kappa shape index (κ3) is 4.88. The number of aromatic amines is 1.